The summed E-state index contributed by atoms with van der Waals surface area (Å²) in [6.45, 7) is 2.71. The average Bonchev–Trinajstić information content (AvgIpc) is 3.04. The number of benzene rings is 1. The molecule has 3 aromatic rings. The first-order chi connectivity index (χ1) is 11.2. The van der Waals surface area contributed by atoms with Crippen LogP contribution in [0, 0.1) is 0 Å². The van der Waals surface area contributed by atoms with E-state index in [1.807, 2.05) is 23.6 Å². The predicted octanol–water partition coefficient (Wildman–Crippen LogP) is 3.73. The van der Waals surface area contributed by atoms with Gasteiger partial charge in [0.15, 0.2) is 5.16 Å². The number of fused-ring (bicyclic) bond motifs is 1. The number of nitrogens with zero attached hydrogens (tertiary/aromatic N) is 2. The minimum atomic E-state index is 0.00955. The van der Waals surface area contributed by atoms with Crippen LogP contribution >= 0.6 is 23.1 Å². The van der Waals surface area contributed by atoms with Crippen molar-refractivity contribution >= 4 is 33.3 Å². The van der Waals surface area contributed by atoms with E-state index in [0.717, 1.165) is 27.9 Å². The van der Waals surface area contributed by atoms with Crippen molar-refractivity contribution in [1.82, 2.24) is 9.55 Å². The Bertz CT molecular complexity index is 870. The van der Waals surface area contributed by atoms with Crippen molar-refractivity contribution in [1.29, 1.82) is 0 Å². The highest BCUT2D eigenvalue weighted by atomic mass is 32.2. The number of hydrogen-bond acceptors (Lipinski definition) is 5. The number of aryl methyl sites for hydroxylation is 1. The summed E-state index contributed by atoms with van der Waals surface area (Å²) in [4.78, 5) is 17.6. The summed E-state index contributed by atoms with van der Waals surface area (Å²) in [7, 11) is 1.76. The molecule has 4 nitrogen and oxygen atoms in total. The van der Waals surface area contributed by atoms with Gasteiger partial charge in [-0.3, -0.25) is 9.36 Å². The van der Waals surface area contributed by atoms with Gasteiger partial charge in [-0.25, -0.2) is 4.98 Å². The fourth-order valence-electron chi connectivity index (χ4n) is 2.26. The Hall–Kier alpha value is -1.79. The van der Waals surface area contributed by atoms with Gasteiger partial charge in [0.1, 0.15) is 10.6 Å². The van der Waals surface area contributed by atoms with Crippen LogP contribution in [0.15, 0.2) is 45.7 Å². The molecule has 0 aliphatic carbocycles. The van der Waals surface area contributed by atoms with E-state index < -0.39 is 0 Å². The highest BCUT2D eigenvalue weighted by Crippen LogP contribution is 2.21. The molecule has 0 atom stereocenters. The quantitative estimate of drug-likeness (QED) is 0.387. The molecule has 0 unspecified atom stereocenters. The topological polar surface area (TPSA) is 44.1 Å². The smallest absolute Gasteiger partial charge is 0.262 e. The second kappa shape index (κ2) is 7.19. The van der Waals surface area contributed by atoms with Crippen molar-refractivity contribution in [2.45, 2.75) is 18.5 Å². The van der Waals surface area contributed by atoms with Gasteiger partial charge in [-0.2, -0.15) is 0 Å². The number of thioether (sulfide) groups is 1. The first kappa shape index (κ1) is 16.1. The van der Waals surface area contributed by atoms with Crippen molar-refractivity contribution in [2.24, 2.45) is 7.05 Å². The summed E-state index contributed by atoms with van der Waals surface area (Å²) in [5.41, 5.74) is 1.28. The van der Waals surface area contributed by atoms with Crippen LogP contribution in [0.25, 0.3) is 10.2 Å². The summed E-state index contributed by atoms with van der Waals surface area (Å²) >= 11 is 3.04. The Morgan fingerprint density at radius 3 is 3.04 bits per heavy atom. The second-order valence-corrected chi connectivity index (χ2v) is 7.05. The van der Waals surface area contributed by atoms with Crippen LogP contribution in [0.2, 0.25) is 0 Å². The number of ether oxygens (including phenoxy) is 1. The lowest BCUT2D eigenvalue weighted by atomic mass is 10.2. The normalized spacial score (nSPS) is 11.0. The summed E-state index contributed by atoms with van der Waals surface area (Å²) in [5, 5.41) is 3.32. The molecule has 0 bridgehead atoms. The zero-order valence-electron chi connectivity index (χ0n) is 13.1. The average molecular weight is 346 g/mol. The lowest BCUT2D eigenvalue weighted by Gasteiger charge is -2.09. The molecule has 120 valence electrons. The molecule has 0 fully saturated rings. The third-order valence-corrected chi connectivity index (χ3v) is 5.35. The van der Waals surface area contributed by atoms with Gasteiger partial charge in [-0.05, 0) is 35.6 Å². The number of aromatic nitrogens is 2. The Morgan fingerprint density at radius 1 is 1.35 bits per heavy atom. The third-order valence-electron chi connectivity index (χ3n) is 3.55. The number of thiophene rings is 1. The maximum Gasteiger partial charge on any atom is 0.262 e. The number of hydrogen-bond donors (Lipinski definition) is 0. The van der Waals surface area contributed by atoms with Crippen LogP contribution in [-0.2, 0) is 13.5 Å². The highest BCUT2D eigenvalue weighted by molar-refractivity contribution is 7.99. The molecule has 0 radical (unpaired) electrons. The molecule has 0 spiro atoms. The Morgan fingerprint density at radius 2 is 2.22 bits per heavy atom. The fraction of sp³-hybridized carbons (Fsp3) is 0.294. The molecule has 23 heavy (non-hydrogen) atoms. The molecule has 0 aliphatic heterocycles. The molecule has 6 heteroatoms. The summed E-state index contributed by atoms with van der Waals surface area (Å²) in [6.07, 6.45) is 0.999. The molecular formula is C17H18N2O2S2. The third kappa shape index (κ3) is 3.59. The van der Waals surface area contributed by atoms with Crippen molar-refractivity contribution < 1.29 is 4.74 Å². The van der Waals surface area contributed by atoms with Gasteiger partial charge in [0, 0.05) is 12.8 Å². The van der Waals surface area contributed by atoms with E-state index >= 15 is 0 Å². The maximum atomic E-state index is 12.2. The van der Waals surface area contributed by atoms with E-state index in [9.17, 15) is 4.79 Å². The zero-order valence-corrected chi connectivity index (χ0v) is 14.7. The summed E-state index contributed by atoms with van der Waals surface area (Å²) < 4.78 is 7.39. The van der Waals surface area contributed by atoms with Crippen molar-refractivity contribution in [3.8, 4) is 5.75 Å². The van der Waals surface area contributed by atoms with Gasteiger partial charge >= 0.3 is 0 Å². The SMILES string of the molecule is CCc1cccc(OCCSc2nc3sccc3c(=O)n2C)c1. The van der Waals surface area contributed by atoms with Gasteiger partial charge in [0.25, 0.3) is 5.56 Å². The van der Waals surface area contributed by atoms with E-state index in [4.69, 9.17) is 4.74 Å². The van der Waals surface area contributed by atoms with Crippen LogP contribution in [0.5, 0.6) is 5.75 Å². The van der Waals surface area contributed by atoms with Crippen LogP contribution in [-0.4, -0.2) is 21.9 Å². The Labute approximate surface area is 143 Å². The van der Waals surface area contributed by atoms with E-state index in [2.05, 4.69) is 24.0 Å². The van der Waals surface area contributed by atoms with Crippen LogP contribution in [0.3, 0.4) is 0 Å². The van der Waals surface area contributed by atoms with Crippen molar-refractivity contribution in [2.75, 3.05) is 12.4 Å². The molecule has 1 aromatic carbocycles. The van der Waals surface area contributed by atoms with E-state index in [1.165, 1.54) is 16.9 Å². The summed E-state index contributed by atoms with van der Waals surface area (Å²) in [6, 6.07) is 9.97. The van der Waals surface area contributed by atoms with Crippen LogP contribution in [0.4, 0.5) is 0 Å². The minimum absolute atomic E-state index is 0.00955. The molecule has 3 rings (SSSR count). The van der Waals surface area contributed by atoms with E-state index in [-0.39, 0.29) is 5.56 Å². The standard InChI is InChI=1S/C17H18N2O2S2/c1-3-12-5-4-6-13(11-12)21-8-10-23-17-18-15-14(7-9-22-15)16(20)19(17)2/h4-7,9,11H,3,8,10H2,1-2H3. The first-order valence-corrected chi connectivity index (χ1v) is 9.34. The van der Waals surface area contributed by atoms with Crippen LogP contribution < -0.4 is 10.3 Å². The largest absolute Gasteiger partial charge is 0.493 e. The zero-order chi connectivity index (χ0) is 16.2. The number of rotatable bonds is 6. The lowest BCUT2D eigenvalue weighted by Crippen LogP contribution is -2.19. The van der Waals surface area contributed by atoms with E-state index in [1.54, 1.807) is 23.4 Å². The lowest BCUT2D eigenvalue weighted by molar-refractivity contribution is 0.343. The van der Waals surface area contributed by atoms with Crippen molar-refractivity contribution in [3.63, 3.8) is 0 Å². The first-order valence-electron chi connectivity index (χ1n) is 7.48. The second-order valence-electron chi connectivity index (χ2n) is 5.10. The van der Waals surface area contributed by atoms with Gasteiger partial charge in [0.05, 0.1) is 12.0 Å². The maximum absolute atomic E-state index is 12.2. The highest BCUT2D eigenvalue weighted by Gasteiger charge is 2.09. The monoisotopic (exact) mass is 346 g/mol. The van der Waals surface area contributed by atoms with Crippen molar-refractivity contribution in [3.05, 3.63) is 51.6 Å². The van der Waals surface area contributed by atoms with Gasteiger partial charge in [0.2, 0.25) is 0 Å². The molecule has 0 saturated carbocycles. The molecule has 0 N–H and O–H groups in total. The van der Waals surface area contributed by atoms with Gasteiger partial charge < -0.3 is 4.74 Å². The minimum Gasteiger partial charge on any atom is -0.493 e. The predicted molar refractivity (Wildman–Crippen MR) is 96.9 cm³/mol. The fourth-order valence-corrected chi connectivity index (χ4v) is 3.85. The van der Waals surface area contributed by atoms with Gasteiger partial charge in [-0.1, -0.05) is 30.8 Å². The Kier molecular flexibility index (Phi) is 5.03. The molecule has 2 aromatic heterocycles. The molecule has 2 heterocycles. The van der Waals surface area contributed by atoms with E-state index in [0.29, 0.717) is 12.0 Å². The molecule has 0 saturated heterocycles. The Balaban J connectivity index is 1.62. The molecular weight excluding hydrogens is 328 g/mol. The molecule has 0 amide bonds. The molecule has 0 aliphatic rings. The van der Waals surface area contributed by atoms with Gasteiger partial charge in [-0.15, -0.1) is 11.3 Å². The van der Waals surface area contributed by atoms with Crippen LogP contribution in [0.1, 0.15) is 12.5 Å². The summed E-state index contributed by atoms with van der Waals surface area (Å²) in [5.74, 6) is 1.63.